The van der Waals surface area contributed by atoms with Crippen LogP contribution in [0.5, 0.6) is 0 Å². The molecule has 1 amide bonds. The first-order chi connectivity index (χ1) is 9.79. The number of hydrogen-bond donors (Lipinski definition) is 1. The predicted molar refractivity (Wildman–Crippen MR) is 77.6 cm³/mol. The Morgan fingerprint density at radius 2 is 1.80 bits per heavy atom. The fourth-order valence-electron chi connectivity index (χ4n) is 3.87. The quantitative estimate of drug-likeness (QED) is 0.808. The number of ether oxygens (including phenoxy) is 1. The van der Waals surface area contributed by atoms with E-state index in [4.69, 9.17) is 4.74 Å². The number of likely N-dealkylation sites (tertiary alicyclic amines) is 2. The number of likely N-dealkylation sites (N-methyl/N-ethyl adjacent to an activating group) is 1. The van der Waals surface area contributed by atoms with E-state index in [9.17, 15) is 4.79 Å². The van der Waals surface area contributed by atoms with Crippen LogP contribution >= 0.6 is 0 Å². The summed E-state index contributed by atoms with van der Waals surface area (Å²) >= 11 is 0. The average molecular weight is 281 g/mol. The van der Waals surface area contributed by atoms with E-state index < -0.39 is 0 Å². The Balaban J connectivity index is 1.51. The first-order valence-electron chi connectivity index (χ1n) is 8.07. The third-order valence-corrected chi connectivity index (χ3v) is 5.20. The monoisotopic (exact) mass is 281 g/mol. The van der Waals surface area contributed by atoms with Crippen molar-refractivity contribution in [3.63, 3.8) is 0 Å². The topological polar surface area (TPSA) is 44.8 Å². The molecular formula is C15H27N3O2. The first kappa shape index (κ1) is 14.3. The highest BCUT2D eigenvalue weighted by Gasteiger charge is 2.37. The van der Waals surface area contributed by atoms with E-state index in [2.05, 4.69) is 15.1 Å². The molecule has 5 nitrogen and oxygen atoms in total. The molecule has 0 radical (unpaired) electrons. The maximum Gasteiger partial charge on any atom is 0.229 e. The summed E-state index contributed by atoms with van der Waals surface area (Å²) in [5.74, 6) is 0.310. The molecule has 0 aromatic carbocycles. The van der Waals surface area contributed by atoms with Crippen LogP contribution in [0.1, 0.15) is 25.7 Å². The van der Waals surface area contributed by atoms with E-state index in [0.29, 0.717) is 25.2 Å². The molecule has 3 heterocycles. The van der Waals surface area contributed by atoms with Gasteiger partial charge in [-0.15, -0.1) is 0 Å². The van der Waals surface area contributed by atoms with E-state index >= 15 is 0 Å². The van der Waals surface area contributed by atoms with E-state index in [0.717, 1.165) is 25.9 Å². The Morgan fingerprint density at radius 3 is 2.45 bits per heavy atom. The van der Waals surface area contributed by atoms with Gasteiger partial charge in [-0.3, -0.25) is 4.79 Å². The van der Waals surface area contributed by atoms with Gasteiger partial charge in [0.2, 0.25) is 5.91 Å². The third-order valence-electron chi connectivity index (χ3n) is 5.20. The normalized spacial score (nSPS) is 33.0. The van der Waals surface area contributed by atoms with Gasteiger partial charge in [0, 0.05) is 25.2 Å². The summed E-state index contributed by atoms with van der Waals surface area (Å²) < 4.78 is 5.46. The zero-order valence-electron chi connectivity index (χ0n) is 12.5. The molecule has 3 rings (SSSR count). The number of amides is 1. The SMILES string of the molecule is CNC1COCC1C(=O)N1CCC(N2CCCC2)CC1. The molecule has 1 N–H and O–H groups in total. The average Bonchev–Trinajstić information content (AvgIpc) is 3.17. The van der Waals surface area contributed by atoms with Gasteiger partial charge < -0.3 is 19.9 Å². The molecule has 0 spiro atoms. The zero-order valence-corrected chi connectivity index (χ0v) is 12.5. The molecule has 3 aliphatic heterocycles. The van der Waals surface area contributed by atoms with Crippen molar-refractivity contribution in [3.05, 3.63) is 0 Å². The molecule has 2 unspecified atom stereocenters. The lowest BCUT2D eigenvalue weighted by atomic mass is 9.98. The van der Waals surface area contributed by atoms with Crippen LogP contribution in [-0.4, -0.2) is 74.2 Å². The van der Waals surface area contributed by atoms with Gasteiger partial charge in [0.05, 0.1) is 19.1 Å². The van der Waals surface area contributed by atoms with E-state index in [1.807, 2.05) is 7.05 Å². The molecule has 2 atom stereocenters. The van der Waals surface area contributed by atoms with Gasteiger partial charge in [-0.05, 0) is 45.8 Å². The number of carbonyl (C=O) groups excluding carboxylic acids is 1. The van der Waals surface area contributed by atoms with Crippen molar-refractivity contribution < 1.29 is 9.53 Å². The van der Waals surface area contributed by atoms with Gasteiger partial charge in [-0.25, -0.2) is 0 Å². The van der Waals surface area contributed by atoms with E-state index in [1.165, 1.54) is 25.9 Å². The van der Waals surface area contributed by atoms with E-state index in [-0.39, 0.29) is 12.0 Å². The lowest BCUT2D eigenvalue weighted by Gasteiger charge is -2.38. The molecule has 0 bridgehead atoms. The molecular weight excluding hydrogens is 254 g/mol. The van der Waals surface area contributed by atoms with Gasteiger partial charge in [0.15, 0.2) is 0 Å². The Labute approximate surface area is 121 Å². The molecule has 5 heteroatoms. The maximum absolute atomic E-state index is 12.6. The second-order valence-electron chi connectivity index (χ2n) is 6.34. The zero-order chi connectivity index (χ0) is 13.9. The first-order valence-corrected chi connectivity index (χ1v) is 8.07. The van der Waals surface area contributed by atoms with E-state index in [1.54, 1.807) is 0 Å². The maximum atomic E-state index is 12.6. The second kappa shape index (κ2) is 6.41. The smallest absolute Gasteiger partial charge is 0.229 e. The molecule has 114 valence electrons. The Hall–Kier alpha value is -0.650. The standard InChI is InChI=1S/C15H27N3O2/c1-16-14-11-20-10-13(14)15(19)18-8-4-12(5-9-18)17-6-2-3-7-17/h12-14,16H,2-11H2,1H3. The van der Waals surface area contributed by atoms with Crippen LogP contribution in [0.2, 0.25) is 0 Å². The Bertz CT molecular complexity index is 336. The summed E-state index contributed by atoms with van der Waals surface area (Å²) in [6, 6.07) is 0.903. The number of rotatable bonds is 3. The highest BCUT2D eigenvalue weighted by atomic mass is 16.5. The third kappa shape index (κ3) is 2.85. The highest BCUT2D eigenvalue weighted by molar-refractivity contribution is 5.80. The number of nitrogens with zero attached hydrogens (tertiary/aromatic N) is 2. The molecule has 0 aromatic heterocycles. The molecule has 0 aliphatic carbocycles. The van der Waals surface area contributed by atoms with Crippen molar-refractivity contribution in [1.29, 1.82) is 0 Å². The number of piperidine rings is 1. The number of carbonyl (C=O) groups is 1. The lowest BCUT2D eigenvalue weighted by molar-refractivity contribution is -0.137. The van der Waals surface area contributed by atoms with Crippen LogP contribution in [0.15, 0.2) is 0 Å². The Kier molecular flexibility index (Phi) is 4.58. The van der Waals surface area contributed by atoms with Crippen LogP contribution in [-0.2, 0) is 9.53 Å². The molecule has 3 aliphatic rings. The summed E-state index contributed by atoms with van der Waals surface area (Å²) in [6.45, 7) is 5.61. The van der Waals surface area contributed by atoms with Crippen molar-refractivity contribution >= 4 is 5.91 Å². The van der Waals surface area contributed by atoms with Crippen molar-refractivity contribution in [2.24, 2.45) is 5.92 Å². The second-order valence-corrected chi connectivity index (χ2v) is 6.34. The number of nitrogens with one attached hydrogen (secondary N) is 1. The largest absolute Gasteiger partial charge is 0.379 e. The van der Waals surface area contributed by atoms with Crippen LogP contribution < -0.4 is 5.32 Å². The number of hydrogen-bond acceptors (Lipinski definition) is 4. The fourth-order valence-corrected chi connectivity index (χ4v) is 3.87. The predicted octanol–water partition coefficient (Wildman–Crippen LogP) is 0.308. The van der Waals surface area contributed by atoms with Crippen molar-refractivity contribution in [2.45, 2.75) is 37.8 Å². The fraction of sp³-hybridized carbons (Fsp3) is 0.933. The summed E-state index contributed by atoms with van der Waals surface area (Å²) in [5.41, 5.74) is 0. The van der Waals surface area contributed by atoms with Gasteiger partial charge >= 0.3 is 0 Å². The van der Waals surface area contributed by atoms with Crippen molar-refractivity contribution in [2.75, 3.05) is 46.4 Å². The Morgan fingerprint density at radius 1 is 1.10 bits per heavy atom. The molecule has 3 fully saturated rings. The van der Waals surface area contributed by atoms with Crippen LogP contribution in [0.4, 0.5) is 0 Å². The molecule has 0 aromatic rings. The summed E-state index contributed by atoms with van der Waals surface area (Å²) in [7, 11) is 1.92. The molecule has 20 heavy (non-hydrogen) atoms. The summed E-state index contributed by atoms with van der Waals surface area (Å²) in [4.78, 5) is 17.3. The highest BCUT2D eigenvalue weighted by Crippen LogP contribution is 2.24. The van der Waals surface area contributed by atoms with Crippen molar-refractivity contribution in [3.8, 4) is 0 Å². The van der Waals surface area contributed by atoms with Crippen LogP contribution in [0.3, 0.4) is 0 Å². The minimum Gasteiger partial charge on any atom is -0.379 e. The minimum atomic E-state index is 0.0170. The van der Waals surface area contributed by atoms with Gasteiger partial charge in [0.25, 0.3) is 0 Å². The van der Waals surface area contributed by atoms with Gasteiger partial charge in [-0.1, -0.05) is 0 Å². The van der Waals surface area contributed by atoms with Gasteiger partial charge in [0.1, 0.15) is 0 Å². The lowest BCUT2D eigenvalue weighted by Crippen LogP contribution is -2.50. The van der Waals surface area contributed by atoms with Crippen LogP contribution in [0, 0.1) is 5.92 Å². The molecule has 0 saturated carbocycles. The summed E-state index contributed by atoms with van der Waals surface area (Å²) in [5, 5.41) is 3.21. The summed E-state index contributed by atoms with van der Waals surface area (Å²) in [6.07, 6.45) is 4.98. The molecule has 3 saturated heterocycles. The minimum absolute atomic E-state index is 0.0170. The van der Waals surface area contributed by atoms with Crippen molar-refractivity contribution in [1.82, 2.24) is 15.1 Å². The van der Waals surface area contributed by atoms with Gasteiger partial charge in [-0.2, -0.15) is 0 Å². The van der Waals surface area contributed by atoms with Crippen LogP contribution in [0.25, 0.3) is 0 Å².